The van der Waals surface area contributed by atoms with Crippen LogP contribution in [-0.2, 0) is 14.6 Å². The van der Waals surface area contributed by atoms with E-state index in [0.29, 0.717) is 17.9 Å². The summed E-state index contributed by atoms with van der Waals surface area (Å²) in [6, 6.07) is 5.70. The number of aliphatic hydroxyl groups excluding tert-OH is 1. The van der Waals surface area contributed by atoms with E-state index in [1.165, 1.54) is 24.3 Å². The van der Waals surface area contributed by atoms with Crippen LogP contribution >= 0.6 is 11.6 Å². The Labute approximate surface area is 124 Å². The lowest BCUT2D eigenvalue weighted by Crippen LogP contribution is -2.38. The molecule has 1 rings (SSSR count). The second-order valence-electron chi connectivity index (χ2n) is 4.78. The molecule has 0 atom stereocenters. The van der Waals surface area contributed by atoms with E-state index in [0.717, 1.165) is 0 Å². The van der Waals surface area contributed by atoms with Gasteiger partial charge in [-0.1, -0.05) is 25.4 Å². The van der Waals surface area contributed by atoms with Gasteiger partial charge in [0.1, 0.15) is 5.75 Å². The molecule has 0 heterocycles. The lowest BCUT2D eigenvalue weighted by Gasteiger charge is -2.27. The van der Waals surface area contributed by atoms with Crippen LogP contribution in [0.3, 0.4) is 0 Å². The largest absolute Gasteiger partial charge is 0.395 e. The molecule has 0 saturated carbocycles. The molecule has 0 aliphatic heterocycles. The van der Waals surface area contributed by atoms with Crippen LogP contribution < -0.4 is 0 Å². The Bertz CT molecular complexity index is 551. The molecule has 6 heteroatoms. The molecule has 1 aromatic carbocycles. The molecule has 0 aliphatic carbocycles. The third-order valence-electron chi connectivity index (χ3n) is 3.74. The van der Waals surface area contributed by atoms with Crippen molar-refractivity contribution < 1.29 is 18.3 Å². The molecule has 0 bridgehead atoms. The van der Waals surface area contributed by atoms with Gasteiger partial charge in [0.15, 0.2) is 15.6 Å². The van der Waals surface area contributed by atoms with Gasteiger partial charge in [-0.25, -0.2) is 8.42 Å². The summed E-state index contributed by atoms with van der Waals surface area (Å²) in [7, 11) is -3.71. The van der Waals surface area contributed by atoms with Gasteiger partial charge in [0, 0.05) is 5.02 Å². The standard InChI is InChI=1S/C14H19ClO4S/c1-3-14(4-2,10-16)13(17)9-20(18,19)12-7-5-11(15)6-8-12/h5-8,16H,3-4,9-10H2,1-2H3. The van der Waals surface area contributed by atoms with Gasteiger partial charge in [-0.2, -0.15) is 0 Å². The number of carbonyl (C=O) groups is 1. The van der Waals surface area contributed by atoms with E-state index in [2.05, 4.69) is 0 Å². The highest BCUT2D eigenvalue weighted by Gasteiger charge is 2.36. The summed E-state index contributed by atoms with van der Waals surface area (Å²) in [4.78, 5) is 12.3. The van der Waals surface area contributed by atoms with E-state index in [1.807, 2.05) is 0 Å². The molecule has 0 fully saturated rings. The van der Waals surface area contributed by atoms with Crippen LogP contribution in [0.25, 0.3) is 0 Å². The molecule has 0 aromatic heterocycles. The van der Waals surface area contributed by atoms with E-state index in [-0.39, 0.29) is 11.5 Å². The molecule has 0 spiro atoms. The zero-order chi connectivity index (χ0) is 15.4. The summed E-state index contributed by atoms with van der Waals surface area (Å²) in [6.07, 6.45) is 0.823. The van der Waals surface area contributed by atoms with E-state index >= 15 is 0 Å². The maximum absolute atomic E-state index is 12.2. The Kier molecular flexibility index (Phi) is 5.74. The van der Waals surface area contributed by atoms with Crippen molar-refractivity contribution in [3.05, 3.63) is 29.3 Å². The number of Topliss-reactive ketones (excluding diaryl/α,β-unsaturated/α-hetero) is 1. The zero-order valence-electron chi connectivity index (χ0n) is 11.6. The summed E-state index contributed by atoms with van der Waals surface area (Å²) >= 11 is 5.71. The first-order chi connectivity index (χ1) is 9.31. The molecule has 1 aromatic rings. The van der Waals surface area contributed by atoms with Crippen LogP contribution in [0.2, 0.25) is 5.02 Å². The van der Waals surface area contributed by atoms with Crippen molar-refractivity contribution in [2.75, 3.05) is 12.4 Å². The molecule has 112 valence electrons. The molecule has 0 amide bonds. The summed E-state index contributed by atoms with van der Waals surface area (Å²) in [5.41, 5.74) is -0.973. The highest BCUT2D eigenvalue weighted by molar-refractivity contribution is 7.92. The van der Waals surface area contributed by atoms with Crippen LogP contribution in [0.1, 0.15) is 26.7 Å². The predicted molar refractivity (Wildman–Crippen MR) is 78.6 cm³/mol. The molecular formula is C14H19ClO4S. The number of aliphatic hydroxyl groups is 1. The molecule has 0 saturated heterocycles. The number of hydrogen-bond donors (Lipinski definition) is 1. The lowest BCUT2D eigenvalue weighted by molar-refractivity contribution is -0.128. The quantitative estimate of drug-likeness (QED) is 0.838. The number of benzene rings is 1. The van der Waals surface area contributed by atoms with Gasteiger partial charge in [0.2, 0.25) is 0 Å². The van der Waals surface area contributed by atoms with Gasteiger partial charge in [0.25, 0.3) is 0 Å². The molecule has 1 N–H and O–H groups in total. The van der Waals surface area contributed by atoms with Crippen LogP contribution in [0.4, 0.5) is 0 Å². The van der Waals surface area contributed by atoms with Gasteiger partial charge in [-0.3, -0.25) is 4.79 Å². The minimum absolute atomic E-state index is 0.0642. The lowest BCUT2D eigenvalue weighted by atomic mass is 9.80. The highest BCUT2D eigenvalue weighted by atomic mass is 35.5. The van der Waals surface area contributed by atoms with Crippen molar-refractivity contribution in [2.45, 2.75) is 31.6 Å². The maximum atomic E-state index is 12.2. The van der Waals surface area contributed by atoms with Gasteiger partial charge in [0.05, 0.1) is 16.9 Å². The summed E-state index contributed by atoms with van der Waals surface area (Å²) in [6.45, 7) is 3.20. The van der Waals surface area contributed by atoms with Gasteiger partial charge < -0.3 is 5.11 Å². The fourth-order valence-corrected chi connectivity index (χ4v) is 3.50. The fraction of sp³-hybridized carbons (Fsp3) is 0.500. The average Bonchev–Trinajstić information content (AvgIpc) is 2.41. The summed E-state index contributed by atoms with van der Waals surface area (Å²) in [5.74, 6) is -1.04. The molecular weight excluding hydrogens is 300 g/mol. The second kappa shape index (κ2) is 6.70. The number of carbonyl (C=O) groups excluding carboxylic acids is 1. The van der Waals surface area contributed by atoms with Crippen molar-refractivity contribution in [2.24, 2.45) is 5.41 Å². The minimum atomic E-state index is -3.71. The molecule has 4 nitrogen and oxygen atoms in total. The number of sulfone groups is 1. The Hall–Kier alpha value is -0.910. The van der Waals surface area contributed by atoms with Crippen LogP contribution in [0.15, 0.2) is 29.2 Å². The molecule has 0 aliphatic rings. The fourth-order valence-electron chi connectivity index (χ4n) is 2.01. The third-order valence-corrected chi connectivity index (χ3v) is 5.63. The average molecular weight is 319 g/mol. The zero-order valence-corrected chi connectivity index (χ0v) is 13.2. The summed E-state index contributed by atoms with van der Waals surface area (Å²) < 4.78 is 24.4. The van der Waals surface area contributed by atoms with Crippen molar-refractivity contribution in [3.63, 3.8) is 0 Å². The van der Waals surface area contributed by atoms with Crippen molar-refractivity contribution in [1.29, 1.82) is 0 Å². The van der Waals surface area contributed by atoms with Crippen molar-refractivity contribution in [1.82, 2.24) is 0 Å². The number of ketones is 1. The molecule has 0 radical (unpaired) electrons. The third kappa shape index (κ3) is 3.59. The predicted octanol–water partition coefficient (Wildman–Crippen LogP) is 2.48. The number of hydrogen-bond acceptors (Lipinski definition) is 4. The van der Waals surface area contributed by atoms with E-state index in [4.69, 9.17) is 11.6 Å². The number of halogens is 1. The topological polar surface area (TPSA) is 71.4 Å². The molecule has 0 unspecified atom stereocenters. The first-order valence-electron chi connectivity index (χ1n) is 6.44. The summed E-state index contributed by atoms with van der Waals surface area (Å²) in [5, 5.41) is 9.85. The smallest absolute Gasteiger partial charge is 0.185 e. The van der Waals surface area contributed by atoms with Crippen LogP contribution in [0, 0.1) is 5.41 Å². The van der Waals surface area contributed by atoms with Gasteiger partial charge >= 0.3 is 0 Å². The normalized spacial score (nSPS) is 12.4. The first-order valence-corrected chi connectivity index (χ1v) is 8.47. The Morgan fingerprint density at radius 2 is 1.70 bits per heavy atom. The van der Waals surface area contributed by atoms with Crippen LogP contribution in [0.5, 0.6) is 0 Å². The maximum Gasteiger partial charge on any atom is 0.185 e. The van der Waals surface area contributed by atoms with Crippen LogP contribution in [-0.4, -0.2) is 31.7 Å². The van der Waals surface area contributed by atoms with Gasteiger partial charge in [-0.15, -0.1) is 0 Å². The number of rotatable bonds is 7. The highest BCUT2D eigenvalue weighted by Crippen LogP contribution is 2.28. The Morgan fingerprint density at radius 1 is 1.20 bits per heavy atom. The van der Waals surface area contributed by atoms with Gasteiger partial charge in [-0.05, 0) is 37.1 Å². The monoisotopic (exact) mass is 318 g/mol. The molecule has 20 heavy (non-hydrogen) atoms. The SMILES string of the molecule is CCC(CC)(CO)C(=O)CS(=O)(=O)c1ccc(Cl)cc1. The Morgan fingerprint density at radius 3 is 2.10 bits per heavy atom. The second-order valence-corrected chi connectivity index (χ2v) is 7.21. The van der Waals surface area contributed by atoms with Crippen molar-refractivity contribution >= 4 is 27.2 Å². The van der Waals surface area contributed by atoms with E-state index in [1.54, 1.807) is 13.8 Å². The van der Waals surface area contributed by atoms with E-state index in [9.17, 15) is 18.3 Å². The first kappa shape index (κ1) is 17.1. The minimum Gasteiger partial charge on any atom is -0.395 e. The van der Waals surface area contributed by atoms with Crippen molar-refractivity contribution in [3.8, 4) is 0 Å². The Balaban J connectivity index is 3.02. The van der Waals surface area contributed by atoms with E-state index < -0.39 is 26.8 Å².